The second kappa shape index (κ2) is 6.33. The summed E-state index contributed by atoms with van der Waals surface area (Å²) in [4.78, 5) is 18.9. The fourth-order valence-corrected chi connectivity index (χ4v) is 2.58. The van der Waals surface area contributed by atoms with Gasteiger partial charge in [0.2, 0.25) is 0 Å². The van der Waals surface area contributed by atoms with Crippen LogP contribution in [0.25, 0.3) is 11.3 Å². The Labute approximate surface area is 134 Å². The van der Waals surface area contributed by atoms with Crippen LogP contribution in [0.5, 0.6) is 5.75 Å². The minimum absolute atomic E-state index is 0.0261. The van der Waals surface area contributed by atoms with Crippen molar-refractivity contribution in [2.45, 2.75) is 12.1 Å². The summed E-state index contributed by atoms with van der Waals surface area (Å²) in [6.07, 6.45) is 1.80. The van der Waals surface area contributed by atoms with E-state index in [2.05, 4.69) is 25.9 Å². The lowest BCUT2D eigenvalue weighted by molar-refractivity contribution is 0.416. The molecule has 0 amide bonds. The van der Waals surface area contributed by atoms with Crippen LogP contribution in [-0.4, -0.2) is 23.3 Å². The standard InChI is InChI=1S/C14H12BrN3O2S/c1-7-4-11(20-2)8(5-10(7)15)12-9(6-16)13(19)18-14(17-12)21-3/h4-5H,1-3H3,(H,17,18,19). The molecule has 5 nitrogen and oxygen atoms in total. The van der Waals surface area contributed by atoms with Gasteiger partial charge >= 0.3 is 0 Å². The SMILES string of the molecule is COc1cc(C)c(Br)cc1-c1nc(SC)[nH]c(=O)c1C#N. The zero-order valence-electron chi connectivity index (χ0n) is 11.7. The third-order valence-electron chi connectivity index (χ3n) is 2.94. The maximum Gasteiger partial charge on any atom is 0.270 e. The number of rotatable bonds is 3. The highest BCUT2D eigenvalue weighted by atomic mass is 79.9. The average molecular weight is 366 g/mol. The van der Waals surface area contributed by atoms with Gasteiger partial charge in [-0.1, -0.05) is 27.7 Å². The number of benzene rings is 1. The molecule has 2 aromatic rings. The normalized spacial score (nSPS) is 10.2. The molecule has 0 saturated heterocycles. The first-order valence-electron chi connectivity index (χ1n) is 5.94. The summed E-state index contributed by atoms with van der Waals surface area (Å²) in [7, 11) is 1.54. The zero-order valence-corrected chi connectivity index (χ0v) is 14.1. The number of aromatic nitrogens is 2. The van der Waals surface area contributed by atoms with Crippen LogP contribution in [0.3, 0.4) is 0 Å². The number of hydrogen-bond donors (Lipinski definition) is 1. The summed E-state index contributed by atoms with van der Waals surface area (Å²) in [5.41, 5.74) is 1.44. The van der Waals surface area contributed by atoms with Crippen molar-refractivity contribution in [1.29, 1.82) is 5.26 Å². The number of hydrogen-bond acceptors (Lipinski definition) is 5. The molecule has 0 radical (unpaired) electrons. The summed E-state index contributed by atoms with van der Waals surface area (Å²) in [6.45, 7) is 1.93. The molecule has 0 spiro atoms. The molecule has 0 fully saturated rings. The van der Waals surface area contributed by atoms with Crippen molar-refractivity contribution < 1.29 is 4.74 Å². The summed E-state index contributed by atoms with van der Waals surface area (Å²) >= 11 is 4.75. The van der Waals surface area contributed by atoms with Crippen LogP contribution in [0, 0.1) is 18.3 Å². The van der Waals surface area contributed by atoms with Gasteiger partial charge in [0.1, 0.15) is 23.1 Å². The average Bonchev–Trinajstić information content (AvgIpc) is 2.48. The molecule has 1 aromatic heterocycles. The van der Waals surface area contributed by atoms with E-state index in [9.17, 15) is 10.1 Å². The van der Waals surface area contributed by atoms with Crippen LogP contribution in [0.15, 0.2) is 26.6 Å². The predicted octanol–water partition coefficient (Wildman–Crippen LogP) is 3.11. The molecule has 0 aliphatic rings. The monoisotopic (exact) mass is 365 g/mol. The summed E-state index contributed by atoms with van der Waals surface area (Å²) in [5, 5.41) is 9.69. The first-order valence-corrected chi connectivity index (χ1v) is 7.96. The van der Waals surface area contributed by atoms with Gasteiger partial charge in [0.05, 0.1) is 7.11 Å². The number of nitrogens with one attached hydrogen (secondary N) is 1. The fourth-order valence-electron chi connectivity index (χ4n) is 1.86. The first-order chi connectivity index (χ1) is 10.0. The van der Waals surface area contributed by atoms with Crippen molar-refractivity contribution in [2.75, 3.05) is 13.4 Å². The van der Waals surface area contributed by atoms with Crippen LogP contribution >= 0.6 is 27.7 Å². The molecule has 0 bridgehead atoms. The van der Waals surface area contributed by atoms with E-state index in [-0.39, 0.29) is 5.56 Å². The number of nitrogens with zero attached hydrogens (tertiary/aromatic N) is 2. The molecule has 1 heterocycles. The number of H-pyrrole nitrogens is 1. The topological polar surface area (TPSA) is 78.8 Å². The third kappa shape index (κ3) is 2.96. The fraction of sp³-hybridized carbons (Fsp3) is 0.214. The van der Waals surface area contributed by atoms with Crippen LogP contribution in [0.2, 0.25) is 0 Å². The number of nitriles is 1. The van der Waals surface area contributed by atoms with Crippen LogP contribution in [0.1, 0.15) is 11.1 Å². The van der Waals surface area contributed by atoms with Crippen molar-refractivity contribution in [3.05, 3.63) is 38.1 Å². The summed E-state index contributed by atoms with van der Waals surface area (Å²) in [5.74, 6) is 0.567. The van der Waals surface area contributed by atoms with Gasteiger partial charge in [-0.15, -0.1) is 0 Å². The van der Waals surface area contributed by atoms with E-state index < -0.39 is 5.56 Å². The highest BCUT2D eigenvalue weighted by Gasteiger charge is 2.18. The highest BCUT2D eigenvalue weighted by Crippen LogP contribution is 2.35. The Morgan fingerprint density at radius 1 is 1.48 bits per heavy atom. The number of halogens is 1. The second-order valence-corrected chi connectivity index (χ2v) is 5.86. The molecule has 2 rings (SSSR count). The summed E-state index contributed by atoms with van der Waals surface area (Å²) < 4.78 is 6.22. The maximum atomic E-state index is 12.0. The minimum atomic E-state index is -0.453. The van der Waals surface area contributed by atoms with E-state index in [1.165, 1.54) is 11.8 Å². The van der Waals surface area contributed by atoms with Crippen molar-refractivity contribution in [3.63, 3.8) is 0 Å². The van der Waals surface area contributed by atoms with E-state index in [4.69, 9.17) is 4.74 Å². The number of ether oxygens (including phenoxy) is 1. The lowest BCUT2D eigenvalue weighted by Gasteiger charge is -2.12. The molecule has 0 saturated carbocycles. The van der Waals surface area contributed by atoms with Gasteiger partial charge in [0.15, 0.2) is 5.16 Å². The van der Waals surface area contributed by atoms with E-state index >= 15 is 0 Å². The van der Waals surface area contributed by atoms with Gasteiger partial charge in [-0.25, -0.2) is 4.98 Å². The van der Waals surface area contributed by atoms with Crippen LogP contribution in [0.4, 0.5) is 0 Å². The van der Waals surface area contributed by atoms with E-state index in [0.29, 0.717) is 22.2 Å². The zero-order chi connectivity index (χ0) is 15.6. The van der Waals surface area contributed by atoms with Crippen molar-refractivity contribution in [1.82, 2.24) is 9.97 Å². The molecule has 1 aromatic carbocycles. The minimum Gasteiger partial charge on any atom is -0.496 e. The summed E-state index contributed by atoms with van der Waals surface area (Å²) in [6, 6.07) is 5.55. The molecule has 0 unspecified atom stereocenters. The Balaban J connectivity index is 2.84. The smallest absolute Gasteiger partial charge is 0.270 e. The van der Waals surface area contributed by atoms with Crippen LogP contribution in [-0.2, 0) is 0 Å². The van der Waals surface area contributed by atoms with Gasteiger partial charge in [-0.2, -0.15) is 5.26 Å². The Kier molecular flexibility index (Phi) is 4.70. The van der Waals surface area contributed by atoms with Gasteiger partial charge in [-0.3, -0.25) is 4.79 Å². The van der Waals surface area contributed by atoms with Crippen LogP contribution < -0.4 is 10.3 Å². The lowest BCUT2D eigenvalue weighted by Crippen LogP contribution is -2.14. The van der Waals surface area contributed by atoms with E-state index in [1.807, 2.05) is 19.1 Å². The Morgan fingerprint density at radius 3 is 2.76 bits per heavy atom. The molecule has 0 aliphatic carbocycles. The van der Waals surface area contributed by atoms with Gasteiger partial charge in [0.25, 0.3) is 5.56 Å². The van der Waals surface area contributed by atoms with Crippen molar-refractivity contribution in [3.8, 4) is 23.1 Å². The third-order valence-corrected chi connectivity index (χ3v) is 4.37. The molecule has 0 aliphatic heterocycles. The lowest BCUT2D eigenvalue weighted by atomic mass is 10.0. The largest absolute Gasteiger partial charge is 0.496 e. The molecule has 21 heavy (non-hydrogen) atoms. The van der Waals surface area contributed by atoms with Gasteiger partial charge < -0.3 is 9.72 Å². The van der Waals surface area contributed by atoms with Gasteiger partial charge in [-0.05, 0) is 30.9 Å². The van der Waals surface area contributed by atoms with E-state index in [1.54, 1.807) is 19.4 Å². The van der Waals surface area contributed by atoms with Gasteiger partial charge in [0, 0.05) is 10.0 Å². The molecule has 0 atom stereocenters. The second-order valence-electron chi connectivity index (χ2n) is 4.21. The molecule has 1 N–H and O–H groups in total. The van der Waals surface area contributed by atoms with Crippen molar-refractivity contribution >= 4 is 27.7 Å². The van der Waals surface area contributed by atoms with E-state index in [0.717, 1.165) is 10.0 Å². The number of aryl methyl sites for hydroxylation is 1. The molecule has 7 heteroatoms. The van der Waals surface area contributed by atoms with Crippen molar-refractivity contribution in [2.24, 2.45) is 0 Å². The predicted molar refractivity (Wildman–Crippen MR) is 85.8 cm³/mol. The highest BCUT2D eigenvalue weighted by molar-refractivity contribution is 9.10. The number of thioether (sulfide) groups is 1. The molecular formula is C14H12BrN3O2S. The Bertz CT molecular complexity index is 796. The Morgan fingerprint density at radius 2 is 2.19 bits per heavy atom. The molecule has 108 valence electrons. The maximum absolute atomic E-state index is 12.0. The first kappa shape index (κ1) is 15.6. The number of aromatic amines is 1. The quantitative estimate of drug-likeness (QED) is 0.667. The number of methoxy groups -OCH3 is 1. The Hall–Kier alpha value is -1.78. The molecular weight excluding hydrogens is 354 g/mol.